The number of phenolic OH excluding ortho intramolecular Hbond substituents is 1. The predicted molar refractivity (Wildman–Crippen MR) is 72.3 cm³/mol. The molecule has 2 aliphatic heterocycles. The van der Waals surface area contributed by atoms with Crippen LogP contribution >= 0.6 is 0 Å². The number of phenols is 1. The van der Waals surface area contributed by atoms with Crippen LogP contribution in [-0.2, 0) is 10.4 Å². The third kappa shape index (κ3) is 1.47. The number of benzene rings is 2. The smallest absolute Gasteiger partial charge is 0.266 e. The average molecular weight is 285 g/mol. The van der Waals surface area contributed by atoms with Gasteiger partial charge in [0.05, 0.1) is 0 Å². The summed E-state index contributed by atoms with van der Waals surface area (Å²) < 4.78 is 10.4. The fourth-order valence-electron chi connectivity index (χ4n) is 2.73. The fraction of sp³-hybridized carbons (Fsp3) is 0.133. The van der Waals surface area contributed by atoms with Crippen molar-refractivity contribution >= 4 is 11.6 Å². The summed E-state index contributed by atoms with van der Waals surface area (Å²) >= 11 is 0. The van der Waals surface area contributed by atoms with Crippen molar-refractivity contribution < 1.29 is 24.5 Å². The highest BCUT2D eigenvalue weighted by molar-refractivity contribution is 6.07. The number of amides is 1. The van der Waals surface area contributed by atoms with Gasteiger partial charge in [-0.1, -0.05) is 18.2 Å². The van der Waals surface area contributed by atoms with Crippen LogP contribution in [-0.4, -0.2) is 22.9 Å². The minimum Gasteiger partial charge on any atom is -0.507 e. The second-order valence-corrected chi connectivity index (χ2v) is 4.93. The summed E-state index contributed by atoms with van der Waals surface area (Å²) in [5.41, 5.74) is -0.984. The van der Waals surface area contributed by atoms with Gasteiger partial charge < -0.3 is 25.0 Å². The summed E-state index contributed by atoms with van der Waals surface area (Å²) in [6.45, 7) is 0.0411. The number of aliphatic hydroxyl groups is 1. The Morgan fingerprint density at radius 1 is 1.10 bits per heavy atom. The van der Waals surface area contributed by atoms with E-state index in [9.17, 15) is 15.0 Å². The van der Waals surface area contributed by atoms with E-state index in [0.717, 1.165) is 0 Å². The molecule has 0 saturated carbocycles. The Balaban J connectivity index is 1.96. The molecule has 0 spiro atoms. The normalized spacial score (nSPS) is 22.0. The summed E-state index contributed by atoms with van der Waals surface area (Å²) in [5, 5.41) is 23.7. The Labute approximate surface area is 119 Å². The number of hydrogen-bond donors (Lipinski definition) is 3. The molecule has 6 heteroatoms. The van der Waals surface area contributed by atoms with E-state index in [4.69, 9.17) is 9.47 Å². The number of fused-ring (bicyclic) bond motifs is 2. The standard InChI is InChI=1S/C15H11NO5/c17-11-6-13-12(20-7-21-13)5-9(11)15(19)8-3-1-2-4-10(8)16-14(15)18/h1-6,17,19H,7H2,(H,16,18)/t15-/m0/s1. The molecule has 3 N–H and O–H groups in total. The first-order valence-corrected chi connectivity index (χ1v) is 6.37. The lowest BCUT2D eigenvalue weighted by molar-refractivity contribution is -0.129. The topological polar surface area (TPSA) is 88.0 Å². The third-order valence-electron chi connectivity index (χ3n) is 3.77. The van der Waals surface area contributed by atoms with Crippen LogP contribution in [0.4, 0.5) is 5.69 Å². The molecule has 0 aromatic heterocycles. The molecule has 1 atom stereocenters. The number of aromatic hydroxyl groups is 1. The molecule has 0 unspecified atom stereocenters. The largest absolute Gasteiger partial charge is 0.507 e. The van der Waals surface area contributed by atoms with E-state index < -0.39 is 11.5 Å². The molecule has 6 nitrogen and oxygen atoms in total. The Morgan fingerprint density at radius 3 is 2.62 bits per heavy atom. The van der Waals surface area contributed by atoms with Crippen molar-refractivity contribution in [1.29, 1.82) is 0 Å². The SMILES string of the molecule is O=C1Nc2ccccc2[C@]1(O)c1cc2c(cc1O)OCO2. The second-order valence-electron chi connectivity index (χ2n) is 4.93. The van der Waals surface area contributed by atoms with Crippen LogP contribution in [0.5, 0.6) is 17.2 Å². The van der Waals surface area contributed by atoms with Gasteiger partial charge in [0.1, 0.15) is 5.75 Å². The average Bonchev–Trinajstić information content (AvgIpc) is 3.02. The molecule has 106 valence electrons. The van der Waals surface area contributed by atoms with Crippen molar-refractivity contribution in [3.05, 3.63) is 47.5 Å². The van der Waals surface area contributed by atoms with E-state index in [1.807, 2.05) is 0 Å². The molecule has 2 aliphatic rings. The van der Waals surface area contributed by atoms with Crippen LogP contribution in [0.2, 0.25) is 0 Å². The Bertz CT molecular complexity index is 773. The number of rotatable bonds is 1. The first-order valence-electron chi connectivity index (χ1n) is 6.37. The van der Waals surface area contributed by atoms with Crippen molar-refractivity contribution in [2.45, 2.75) is 5.60 Å². The van der Waals surface area contributed by atoms with Gasteiger partial charge in [0.15, 0.2) is 17.1 Å². The predicted octanol–water partition coefficient (Wildman–Crippen LogP) is 1.31. The Morgan fingerprint density at radius 2 is 1.81 bits per heavy atom. The zero-order valence-electron chi connectivity index (χ0n) is 10.8. The van der Waals surface area contributed by atoms with Crippen LogP contribution in [0.15, 0.2) is 36.4 Å². The summed E-state index contributed by atoms with van der Waals surface area (Å²) in [4.78, 5) is 12.3. The Hall–Kier alpha value is -2.73. The lowest BCUT2D eigenvalue weighted by Gasteiger charge is -2.22. The van der Waals surface area contributed by atoms with Crippen molar-refractivity contribution in [1.82, 2.24) is 0 Å². The van der Waals surface area contributed by atoms with E-state index in [-0.39, 0.29) is 18.1 Å². The van der Waals surface area contributed by atoms with Gasteiger partial charge in [-0.25, -0.2) is 0 Å². The van der Waals surface area contributed by atoms with Gasteiger partial charge >= 0.3 is 0 Å². The van der Waals surface area contributed by atoms with E-state index in [0.29, 0.717) is 22.7 Å². The third-order valence-corrected chi connectivity index (χ3v) is 3.77. The zero-order chi connectivity index (χ0) is 14.6. The van der Waals surface area contributed by atoms with Crippen LogP contribution in [0, 0.1) is 0 Å². The number of ether oxygens (including phenoxy) is 2. The van der Waals surface area contributed by atoms with Crippen LogP contribution in [0.3, 0.4) is 0 Å². The van der Waals surface area contributed by atoms with Gasteiger partial charge in [0.2, 0.25) is 6.79 Å². The highest BCUT2D eigenvalue weighted by atomic mass is 16.7. The second kappa shape index (κ2) is 3.89. The molecule has 0 bridgehead atoms. The summed E-state index contributed by atoms with van der Waals surface area (Å²) in [6.07, 6.45) is 0. The molecule has 0 radical (unpaired) electrons. The molecule has 2 aromatic carbocycles. The van der Waals surface area contributed by atoms with Crippen LogP contribution in [0.25, 0.3) is 0 Å². The van der Waals surface area contributed by atoms with Gasteiger partial charge in [-0.05, 0) is 12.1 Å². The molecule has 2 aromatic rings. The monoisotopic (exact) mass is 285 g/mol. The number of hydrogen-bond acceptors (Lipinski definition) is 5. The highest BCUT2D eigenvalue weighted by Gasteiger charge is 2.48. The van der Waals surface area contributed by atoms with E-state index in [1.54, 1.807) is 24.3 Å². The first-order chi connectivity index (χ1) is 10.1. The zero-order valence-corrected chi connectivity index (χ0v) is 10.8. The lowest BCUT2D eigenvalue weighted by atomic mass is 9.86. The minimum atomic E-state index is -1.96. The maximum Gasteiger partial charge on any atom is 0.266 e. The maximum absolute atomic E-state index is 12.3. The number of para-hydroxylation sites is 1. The minimum absolute atomic E-state index is 0.0411. The molecule has 4 rings (SSSR count). The number of carbonyl (C=O) groups is 1. The van der Waals surface area contributed by atoms with Gasteiger partial charge in [-0.15, -0.1) is 0 Å². The van der Waals surface area contributed by atoms with Crippen LogP contribution < -0.4 is 14.8 Å². The fourth-order valence-corrected chi connectivity index (χ4v) is 2.73. The van der Waals surface area contributed by atoms with E-state index >= 15 is 0 Å². The van der Waals surface area contributed by atoms with Crippen molar-refractivity contribution in [3.63, 3.8) is 0 Å². The molecule has 2 heterocycles. The molecule has 0 aliphatic carbocycles. The van der Waals surface area contributed by atoms with E-state index in [2.05, 4.69) is 5.32 Å². The number of nitrogens with one attached hydrogen (secondary N) is 1. The highest BCUT2D eigenvalue weighted by Crippen LogP contribution is 2.47. The molecule has 21 heavy (non-hydrogen) atoms. The van der Waals surface area contributed by atoms with E-state index in [1.165, 1.54) is 12.1 Å². The van der Waals surface area contributed by atoms with Crippen molar-refractivity contribution in [2.75, 3.05) is 12.1 Å². The van der Waals surface area contributed by atoms with Crippen molar-refractivity contribution in [3.8, 4) is 17.2 Å². The first kappa shape index (κ1) is 12.0. The number of carbonyl (C=O) groups excluding carboxylic acids is 1. The van der Waals surface area contributed by atoms with Crippen molar-refractivity contribution in [2.24, 2.45) is 0 Å². The summed E-state index contributed by atoms with van der Waals surface area (Å²) in [6, 6.07) is 9.56. The number of anilines is 1. The van der Waals surface area contributed by atoms with Gasteiger partial charge in [0, 0.05) is 22.9 Å². The van der Waals surface area contributed by atoms with Gasteiger partial charge in [0.25, 0.3) is 5.91 Å². The molecular weight excluding hydrogens is 274 g/mol. The maximum atomic E-state index is 12.3. The molecule has 0 saturated heterocycles. The molecule has 1 amide bonds. The van der Waals surface area contributed by atoms with Gasteiger partial charge in [-0.2, -0.15) is 0 Å². The lowest BCUT2D eigenvalue weighted by Crippen LogP contribution is -2.35. The Kier molecular flexibility index (Phi) is 2.23. The molecular formula is C15H11NO5. The van der Waals surface area contributed by atoms with Gasteiger partial charge in [-0.3, -0.25) is 4.79 Å². The summed E-state index contributed by atoms with van der Waals surface area (Å²) in [7, 11) is 0. The van der Waals surface area contributed by atoms with Crippen LogP contribution in [0.1, 0.15) is 11.1 Å². The molecule has 0 fully saturated rings. The summed E-state index contributed by atoms with van der Waals surface area (Å²) in [5.74, 6) is -0.0774. The quantitative estimate of drug-likeness (QED) is 0.735.